The molecule has 0 spiro atoms. The second-order valence-electron chi connectivity index (χ2n) is 5.59. The maximum Gasteiger partial charge on any atom is 0.260 e. The number of hydrogen-bond donors (Lipinski definition) is 3. The van der Waals surface area contributed by atoms with Crippen LogP contribution in [0.4, 0.5) is 5.82 Å². The highest BCUT2D eigenvalue weighted by Gasteiger charge is 2.16. The van der Waals surface area contributed by atoms with Crippen molar-refractivity contribution in [1.29, 1.82) is 10.8 Å². The minimum absolute atomic E-state index is 0.129. The largest absolute Gasteiger partial charge is 0.493 e. The fraction of sp³-hybridized carbons (Fsp3) is 0.222. The van der Waals surface area contributed by atoms with E-state index in [2.05, 4.69) is 10.3 Å². The Labute approximate surface area is 145 Å². The van der Waals surface area contributed by atoms with Crippen molar-refractivity contribution in [1.82, 2.24) is 9.88 Å². The summed E-state index contributed by atoms with van der Waals surface area (Å²) in [4.78, 5) is 18.4. The van der Waals surface area contributed by atoms with E-state index in [-0.39, 0.29) is 11.7 Å². The number of anilines is 1. The third kappa shape index (κ3) is 3.82. The molecule has 7 nitrogen and oxygen atoms in total. The average Bonchev–Trinajstić information content (AvgIpc) is 2.64. The number of para-hydroxylation sites is 1. The number of fused-ring (bicyclic) bond motifs is 3. The summed E-state index contributed by atoms with van der Waals surface area (Å²) in [5.74, 6) is 0.700. The van der Waals surface area contributed by atoms with Crippen molar-refractivity contribution < 1.29 is 9.53 Å². The first-order chi connectivity index (χ1) is 12.2. The molecule has 1 aromatic carbocycles. The molecule has 0 saturated heterocycles. The normalized spacial score (nSPS) is 15.4. The summed E-state index contributed by atoms with van der Waals surface area (Å²) < 4.78 is 5.74. The van der Waals surface area contributed by atoms with Gasteiger partial charge in [-0.05, 0) is 37.1 Å². The van der Waals surface area contributed by atoms with Gasteiger partial charge < -0.3 is 15.0 Å². The first-order valence-electron chi connectivity index (χ1n) is 8.05. The van der Waals surface area contributed by atoms with Crippen molar-refractivity contribution in [2.75, 3.05) is 18.5 Å². The summed E-state index contributed by atoms with van der Waals surface area (Å²) in [6.45, 7) is 0.999. The molecule has 0 saturated carbocycles. The molecule has 7 heteroatoms. The number of benzene rings is 1. The zero-order valence-electron chi connectivity index (χ0n) is 13.7. The number of carbonyl (C=O) groups is 1. The van der Waals surface area contributed by atoms with Crippen LogP contribution in [0.3, 0.4) is 0 Å². The number of aromatic nitrogens is 1. The zero-order valence-corrected chi connectivity index (χ0v) is 13.7. The average molecular weight is 337 g/mol. The molecule has 25 heavy (non-hydrogen) atoms. The predicted molar refractivity (Wildman–Crippen MR) is 95.7 cm³/mol. The lowest BCUT2D eigenvalue weighted by Crippen LogP contribution is -2.31. The predicted octanol–water partition coefficient (Wildman–Crippen LogP) is 2.74. The molecule has 128 valence electrons. The van der Waals surface area contributed by atoms with Gasteiger partial charge in [-0.25, -0.2) is 4.98 Å². The molecule has 1 aliphatic rings. The Balaban J connectivity index is 1.96. The summed E-state index contributed by atoms with van der Waals surface area (Å²) in [7, 11) is 0. The van der Waals surface area contributed by atoms with Crippen LogP contribution < -0.4 is 10.1 Å². The third-order valence-electron chi connectivity index (χ3n) is 3.86. The fourth-order valence-corrected chi connectivity index (χ4v) is 2.55. The van der Waals surface area contributed by atoms with Crippen LogP contribution in [-0.4, -0.2) is 41.1 Å². The second-order valence-corrected chi connectivity index (χ2v) is 5.59. The minimum Gasteiger partial charge on any atom is -0.493 e. The Hall–Kier alpha value is -3.22. The number of nitrogens with one attached hydrogen (secondary N) is 3. The van der Waals surface area contributed by atoms with Gasteiger partial charge in [0.1, 0.15) is 17.3 Å². The number of carbonyl (C=O) groups excluding carboxylic acids is 1. The van der Waals surface area contributed by atoms with E-state index in [1.54, 1.807) is 36.4 Å². The quantitative estimate of drug-likeness (QED) is 0.550. The molecule has 0 unspecified atom stereocenters. The number of amides is 1. The number of nitrogens with zero attached hydrogens (tertiary/aromatic N) is 2. The van der Waals surface area contributed by atoms with Crippen molar-refractivity contribution >= 4 is 23.9 Å². The van der Waals surface area contributed by atoms with E-state index in [1.165, 1.54) is 4.90 Å². The van der Waals surface area contributed by atoms with Gasteiger partial charge in [0.05, 0.1) is 18.5 Å². The molecule has 2 aromatic rings. The fourth-order valence-electron chi connectivity index (χ4n) is 2.55. The molecule has 3 N–H and O–H groups in total. The van der Waals surface area contributed by atoms with E-state index in [9.17, 15) is 4.79 Å². The van der Waals surface area contributed by atoms with E-state index in [1.807, 2.05) is 6.07 Å². The van der Waals surface area contributed by atoms with Crippen LogP contribution in [0.2, 0.25) is 0 Å². The van der Waals surface area contributed by atoms with Crippen molar-refractivity contribution in [3.8, 4) is 5.75 Å². The number of pyridine rings is 1. The van der Waals surface area contributed by atoms with Gasteiger partial charge in [-0.1, -0.05) is 18.2 Å². The van der Waals surface area contributed by atoms with E-state index in [0.29, 0.717) is 36.0 Å². The van der Waals surface area contributed by atoms with Crippen LogP contribution in [0.5, 0.6) is 5.75 Å². The number of hydrogen-bond acceptors (Lipinski definition) is 5. The van der Waals surface area contributed by atoms with Gasteiger partial charge >= 0.3 is 0 Å². The highest BCUT2D eigenvalue weighted by atomic mass is 16.5. The van der Waals surface area contributed by atoms with Gasteiger partial charge in [-0.2, -0.15) is 0 Å². The smallest absolute Gasteiger partial charge is 0.260 e. The van der Waals surface area contributed by atoms with Gasteiger partial charge in [-0.15, -0.1) is 0 Å². The maximum absolute atomic E-state index is 12.6. The van der Waals surface area contributed by atoms with Crippen molar-refractivity contribution in [2.45, 2.75) is 12.8 Å². The lowest BCUT2D eigenvalue weighted by molar-refractivity contribution is 0.102. The minimum atomic E-state index is -0.312. The van der Waals surface area contributed by atoms with Crippen molar-refractivity contribution in [2.24, 2.45) is 0 Å². The summed E-state index contributed by atoms with van der Waals surface area (Å²) in [5, 5.41) is 18.5. The van der Waals surface area contributed by atoms with E-state index in [0.717, 1.165) is 19.2 Å². The van der Waals surface area contributed by atoms with E-state index < -0.39 is 0 Å². The Kier molecular flexibility index (Phi) is 5.03. The standard InChI is InChI=1S/C18H19N5O2/c19-12-23-10-3-4-11-25-15-8-2-1-6-13(15)18(24)22-16-9-5-7-14(21-16)17(23)20/h1-2,5-9,12,19-20H,3-4,10-11H2,(H,21,22,24). The van der Waals surface area contributed by atoms with Crippen LogP contribution >= 0.6 is 0 Å². The van der Waals surface area contributed by atoms with Crippen LogP contribution in [0.1, 0.15) is 28.9 Å². The van der Waals surface area contributed by atoms with Crippen LogP contribution in [0.15, 0.2) is 42.5 Å². The summed E-state index contributed by atoms with van der Waals surface area (Å²) >= 11 is 0. The summed E-state index contributed by atoms with van der Waals surface area (Å²) in [6, 6.07) is 12.2. The topological polar surface area (TPSA) is 102 Å². The molecule has 2 heterocycles. The highest BCUT2D eigenvalue weighted by Crippen LogP contribution is 2.20. The Bertz CT molecular complexity index is 806. The maximum atomic E-state index is 12.6. The van der Waals surface area contributed by atoms with Gasteiger partial charge in [0.25, 0.3) is 5.91 Å². The van der Waals surface area contributed by atoms with Gasteiger partial charge in [0.2, 0.25) is 0 Å². The molecule has 1 aromatic heterocycles. The highest BCUT2D eigenvalue weighted by molar-refractivity contribution is 6.06. The molecule has 0 aliphatic carbocycles. The Morgan fingerprint density at radius 1 is 1.16 bits per heavy atom. The van der Waals surface area contributed by atoms with Crippen molar-refractivity contribution in [3.63, 3.8) is 0 Å². The SMILES string of the molecule is N=CN1CCCCOc2ccccc2C(=O)Nc2cccc(n2)C1=N. The number of ether oxygens (including phenoxy) is 1. The van der Waals surface area contributed by atoms with Crippen LogP contribution in [-0.2, 0) is 0 Å². The summed E-state index contributed by atoms with van der Waals surface area (Å²) in [6.07, 6.45) is 2.63. The third-order valence-corrected chi connectivity index (χ3v) is 3.86. The van der Waals surface area contributed by atoms with Crippen LogP contribution in [0.25, 0.3) is 0 Å². The first-order valence-corrected chi connectivity index (χ1v) is 8.05. The lowest BCUT2D eigenvalue weighted by atomic mass is 10.2. The zero-order chi connectivity index (χ0) is 17.6. The van der Waals surface area contributed by atoms with Gasteiger partial charge in [0.15, 0.2) is 5.84 Å². The monoisotopic (exact) mass is 337 g/mol. The van der Waals surface area contributed by atoms with Crippen molar-refractivity contribution in [3.05, 3.63) is 53.7 Å². The lowest BCUT2D eigenvalue weighted by Gasteiger charge is -2.20. The van der Waals surface area contributed by atoms with Gasteiger partial charge in [-0.3, -0.25) is 15.6 Å². The Morgan fingerprint density at radius 3 is 2.84 bits per heavy atom. The van der Waals surface area contributed by atoms with E-state index in [4.69, 9.17) is 15.6 Å². The molecular formula is C18H19N5O2. The second kappa shape index (κ2) is 7.57. The number of rotatable bonds is 1. The first kappa shape index (κ1) is 16.6. The molecule has 2 bridgehead atoms. The summed E-state index contributed by atoms with van der Waals surface area (Å²) in [5.41, 5.74) is 0.853. The Morgan fingerprint density at radius 2 is 2.00 bits per heavy atom. The molecule has 0 radical (unpaired) electrons. The van der Waals surface area contributed by atoms with Crippen LogP contribution in [0, 0.1) is 10.8 Å². The molecule has 1 amide bonds. The van der Waals surface area contributed by atoms with Gasteiger partial charge in [0, 0.05) is 6.54 Å². The molecule has 1 aliphatic heterocycles. The molecular weight excluding hydrogens is 318 g/mol. The molecule has 0 fully saturated rings. The molecule has 0 atom stereocenters. The van der Waals surface area contributed by atoms with E-state index >= 15 is 0 Å². The molecule has 3 rings (SSSR count). The number of amidine groups is 1.